The summed E-state index contributed by atoms with van der Waals surface area (Å²) in [7, 11) is 0. The van der Waals surface area contributed by atoms with Gasteiger partial charge in [-0.2, -0.15) is 18.3 Å². The van der Waals surface area contributed by atoms with Gasteiger partial charge < -0.3 is 9.84 Å². The Balaban J connectivity index is 1.78. The normalized spacial score (nSPS) is 20.7. The molecule has 4 rings (SSSR count). The van der Waals surface area contributed by atoms with Crippen LogP contribution in [0.1, 0.15) is 31.7 Å². The Morgan fingerprint density at radius 1 is 1.22 bits per heavy atom. The second-order valence-corrected chi connectivity index (χ2v) is 8.02. The monoisotopic (exact) mass is 445 g/mol. The number of nitrogens with one attached hydrogen (secondary N) is 1. The molecule has 0 saturated heterocycles. The molecular formula is C23H22F3N3O3. The summed E-state index contributed by atoms with van der Waals surface area (Å²) in [6.07, 6.45) is -3.00. The Bertz CT molecular complexity index is 1220. The van der Waals surface area contributed by atoms with E-state index in [1.54, 1.807) is 31.2 Å². The van der Waals surface area contributed by atoms with Gasteiger partial charge in [0.15, 0.2) is 5.60 Å². The Morgan fingerprint density at radius 2 is 2.00 bits per heavy atom. The molecule has 2 aromatic carbocycles. The van der Waals surface area contributed by atoms with Gasteiger partial charge in [-0.05, 0) is 31.0 Å². The van der Waals surface area contributed by atoms with Crippen molar-refractivity contribution in [1.29, 1.82) is 0 Å². The van der Waals surface area contributed by atoms with Gasteiger partial charge in [-0.15, -0.1) is 0 Å². The van der Waals surface area contributed by atoms with Crippen LogP contribution >= 0.6 is 0 Å². The molecule has 2 unspecified atom stereocenters. The van der Waals surface area contributed by atoms with E-state index in [0.717, 1.165) is 0 Å². The van der Waals surface area contributed by atoms with E-state index in [4.69, 9.17) is 4.74 Å². The number of para-hydroxylation sites is 1. The maximum atomic E-state index is 14.2. The predicted octanol–water partition coefficient (Wildman–Crippen LogP) is 4.44. The first-order valence-electron chi connectivity index (χ1n) is 10.2. The van der Waals surface area contributed by atoms with Crippen molar-refractivity contribution in [3.63, 3.8) is 0 Å². The van der Waals surface area contributed by atoms with Crippen molar-refractivity contribution in [2.75, 3.05) is 6.61 Å². The zero-order valence-electron chi connectivity index (χ0n) is 17.3. The molecule has 0 aliphatic carbocycles. The first-order chi connectivity index (χ1) is 15.2. The molecular weight excluding hydrogens is 423 g/mol. The van der Waals surface area contributed by atoms with Crippen LogP contribution in [-0.2, 0) is 5.41 Å². The van der Waals surface area contributed by atoms with Crippen molar-refractivity contribution in [3.8, 4) is 5.75 Å². The Hall–Kier alpha value is -3.20. The van der Waals surface area contributed by atoms with E-state index in [1.165, 1.54) is 24.4 Å². The van der Waals surface area contributed by atoms with E-state index in [2.05, 4.69) is 15.2 Å². The number of hydrogen-bond donors (Lipinski definition) is 2. The lowest BCUT2D eigenvalue weighted by atomic mass is 9.67. The number of aliphatic imine (C=N–C) groups is 1. The Kier molecular flexibility index (Phi) is 5.54. The lowest BCUT2D eigenvalue weighted by Gasteiger charge is -2.43. The molecule has 9 heteroatoms. The minimum atomic E-state index is -4.97. The number of fused-ring (bicyclic) bond motifs is 2. The molecule has 3 aromatic rings. The fourth-order valence-electron chi connectivity index (χ4n) is 4.32. The van der Waals surface area contributed by atoms with Crippen LogP contribution in [0.15, 0.2) is 58.4 Å². The number of ether oxygens (including phenoxy) is 1. The summed E-state index contributed by atoms with van der Waals surface area (Å²) in [5.74, 6) is 0.529. The molecule has 0 spiro atoms. The molecule has 32 heavy (non-hydrogen) atoms. The van der Waals surface area contributed by atoms with Crippen molar-refractivity contribution in [2.45, 2.75) is 43.4 Å². The van der Waals surface area contributed by atoms with Gasteiger partial charge in [0.2, 0.25) is 0 Å². The van der Waals surface area contributed by atoms with Crippen LogP contribution in [0, 0.1) is 0 Å². The third kappa shape index (κ3) is 3.77. The lowest BCUT2D eigenvalue weighted by molar-refractivity contribution is -0.236. The molecule has 6 nitrogen and oxygen atoms in total. The Labute approximate surface area is 181 Å². The molecule has 2 atom stereocenters. The van der Waals surface area contributed by atoms with Gasteiger partial charge in [-0.1, -0.05) is 31.2 Å². The number of aromatic amines is 1. The quantitative estimate of drug-likeness (QED) is 0.569. The van der Waals surface area contributed by atoms with Gasteiger partial charge in [0.25, 0.3) is 5.56 Å². The van der Waals surface area contributed by atoms with E-state index in [0.29, 0.717) is 35.8 Å². The van der Waals surface area contributed by atoms with E-state index in [-0.39, 0.29) is 17.7 Å². The van der Waals surface area contributed by atoms with Gasteiger partial charge in [0.05, 0.1) is 23.9 Å². The van der Waals surface area contributed by atoms with Crippen molar-refractivity contribution >= 4 is 22.7 Å². The summed E-state index contributed by atoms with van der Waals surface area (Å²) in [6.45, 7) is 2.06. The molecule has 1 aromatic heterocycles. The number of halogens is 3. The molecule has 0 fully saturated rings. The van der Waals surface area contributed by atoms with Gasteiger partial charge in [-0.25, -0.2) is 5.10 Å². The second kappa shape index (κ2) is 8.05. The van der Waals surface area contributed by atoms with E-state index < -0.39 is 29.2 Å². The van der Waals surface area contributed by atoms with E-state index >= 15 is 0 Å². The number of hydrogen-bond acceptors (Lipinski definition) is 5. The summed E-state index contributed by atoms with van der Waals surface area (Å²) in [5.41, 5.74) is -3.85. The second-order valence-electron chi connectivity index (χ2n) is 8.02. The molecule has 0 amide bonds. The van der Waals surface area contributed by atoms with Crippen LogP contribution < -0.4 is 10.3 Å². The maximum absolute atomic E-state index is 14.2. The molecule has 2 N–H and O–H groups in total. The smallest absolute Gasteiger partial charge is 0.422 e. The number of aliphatic hydroxyl groups is 1. The van der Waals surface area contributed by atoms with Crippen molar-refractivity contribution in [1.82, 2.24) is 10.2 Å². The van der Waals surface area contributed by atoms with Crippen LogP contribution in [-0.4, -0.2) is 39.9 Å². The lowest BCUT2D eigenvalue weighted by Crippen LogP contribution is -2.52. The average molecular weight is 445 g/mol. The summed E-state index contributed by atoms with van der Waals surface area (Å²) in [4.78, 5) is 15.9. The van der Waals surface area contributed by atoms with Crippen LogP contribution in [0.2, 0.25) is 0 Å². The molecule has 168 valence electrons. The standard InChI is InChI=1S/C23H22F3N3O3/c1-2-21(10-11-32-19-9-4-3-7-17(19)21)13-22(31,23(24,25)26)14-27-18-8-5-6-15-16(18)12-28-29-20(15)30/h3-9,12,14,31H,2,10-11,13H2,1H3,(H,29,30)/b27-14+. The maximum Gasteiger partial charge on any atom is 0.422 e. The number of nitrogens with zero attached hydrogens (tertiary/aromatic N) is 2. The molecule has 0 radical (unpaired) electrons. The third-order valence-electron chi connectivity index (χ3n) is 6.18. The highest BCUT2D eigenvalue weighted by molar-refractivity contribution is 5.93. The zero-order valence-corrected chi connectivity index (χ0v) is 17.3. The zero-order chi connectivity index (χ0) is 23.0. The van der Waals surface area contributed by atoms with Crippen molar-refractivity contribution < 1.29 is 23.0 Å². The fourth-order valence-corrected chi connectivity index (χ4v) is 4.32. The molecule has 2 heterocycles. The van der Waals surface area contributed by atoms with Crippen LogP contribution in [0.3, 0.4) is 0 Å². The van der Waals surface area contributed by atoms with Crippen molar-refractivity contribution in [3.05, 3.63) is 64.6 Å². The average Bonchev–Trinajstić information content (AvgIpc) is 2.77. The number of H-pyrrole nitrogens is 1. The fraction of sp³-hybridized carbons (Fsp3) is 0.348. The van der Waals surface area contributed by atoms with Gasteiger partial charge >= 0.3 is 6.18 Å². The minimum Gasteiger partial charge on any atom is -0.493 e. The first-order valence-corrected chi connectivity index (χ1v) is 10.2. The molecule has 0 saturated carbocycles. The summed E-state index contributed by atoms with van der Waals surface area (Å²) < 4.78 is 48.2. The molecule has 1 aliphatic rings. The summed E-state index contributed by atoms with van der Waals surface area (Å²) in [5, 5.41) is 17.4. The highest BCUT2D eigenvalue weighted by Crippen LogP contribution is 2.49. The molecule has 1 aliphatic heterocycles. The largest absolute Gasteiger partial charge is 0.493 e. The predicted molar refractivity (Wildman–Crippen MR) is 115 cm³/mol. The van der Waals surface area contributed by atoms with Gasteiger partial charge in [0.1, 0.15) is 5.75 Å². The van der Waals surface area contributed by atoms with E-state index in [1.807, 2.05) is 0 Å². The SMILES string of the molecule is CCC1(CC(O)(/C=N/c2cccc3c(=O)[nH]ncc23)C(F)(F)F)CCOc2ccccc21. The van der Waals surface area contributed by atoms with E-state index in [9.17, 15) is 23.1 Å². The minimum absolute atomic E-state index is 0.113. The van der Waals surface area contributed by atoms with Crippen molar-refractivity contribution in [2.24, 2.45) is 4.99 Å². The number of aromatic nitrogens is 2. The summed E-state index contributed by atoms with van der Waals surface area (Å²) >= 11 is 0. The highest BCUT2D eigenvalue weighted by Gasteiger charge is 2.57. The first kappa shape index (κ1) is 22.0. The summed E-state index contributed by atoms with van der Waals surface area (Å²) in [6, 6.07) is 11.5. The molecule has 0 bridgehead atoms. The van der Waals surface area contributed by atoms with Crippen LogP contribution in [0.25, 0.3) is 10.8 Å². The van der Waals surface area contributed by atoms with Crippen LogP contribution in [0.4, 0.5) is 18.9 Å². The van der Waals surface area contributed by atoms with Gasteiger partial charge in [0, 0.05) is 29.0 Å². The topological polar surface area (TPSA) is 87.6 Å². The van der Waals surface area contributed by atoms with Crippen LogP contribution in [0.5, 0.6) is 5.75 Å². The number of alkyl halides is 3. The third-order valence-corrected chi connectivity index (χ3v) is 6.18. The highest BCUT2D eigenvalue weighted by atomic mass is 19.4. The Morgan fingerprint density at radius 3 is 2.75 bits per heavy atom. The number of benzene rings is 2. The number of rotatable bonds is 5. The van der Waals surface area contributed by atoms with Gasteiger partial charge in [-0.3, -0.25) is 9.79 Å².